The van der Waals surface area contributed by atoms with Crippen LogP contribution in [-0.4, -0.2) is 35.0 Å². The lowest BCUT2D eigenvalue weighted by Gasteiger charge is -2.11. The summed E-state index contributed by atoms with van der Waals surface area (Å²) in [6.45, 7) is 1.11. The summed E-state index contributed by atoms with van der Waals surface area (Å²) >= 11 is 0. The van der Waals surface area contributed by atoms with Gasteiger partial charge in [-0.1, -0.05) is 0 Å². The molecular formula is C7H11N3O5. The van der Waals surface area contributed by atoms with Crippen molar-refractivity contribution in [3.8, 4) is 0 Å². The first kappa shape index (κ1) is 12.9. The summed E-state index contributed by atoms with van der Waals surface area (Å²) in [5.74, 6) is -2.83. The number of imide groups is 1. The highest BCUT2D eigenvalue weighted by atomic mass is 16.4. The molecule has 0 fully saturated rings. The number of urea groups is 1. The first-order valence-electron chi connectivity index (χ1n) is 3.92. The highest BCUT2D eigenvalue weighted by molar-refractivity contribution is 5.96. The highest BCUT2D eigenvalue weighted by Gasteiger charge is 2.22. The fourth-order valence-electron chi connectivity index (χ4n) is 0.819. The molecule has 1 atom stereocenters. The molecule has 0 saturated heterocycles. The van der Waals surface area contributed by atoms with Crippen LogP contribution in [0.2, 0.25) is 0 Å². The van der Waals surface area contributed by atoms with Gasteiger partial charge in [-0.25, -0.2) is 9.59 Å². The van der Waals surface area contributed by atoms with Crippen LogP contribution in [0.5, 0.6) is 0 Å². The van der Waals surface area contributed by atoms with Crippen LogP contribution in [0, 0.1) is 0 Å². The molecule has 0 radical (unpaired) electrons. The van der Waals surface area contributed by atoms with Crippen LogP contribution in [0.25, 0.3) is 0 Å². The van der Waals surface area contributed by atoms with Gasteiger partial charge in [-0.2, -0.15) is 0 Å². The molecule has 0 spiro atoms. The van der Waals surface area contributed by atoms with Crippen molar-refractivity contribution < 1.29 is 24.3 Å². The second kappa shape index (κ2) is 5.58. The molecule has 0 unspecified atom stereocenters. The predicted octanol–water partition coefficient (Wildman–Crippen LogP) is -1.84. The second-order valence-electron chi connectivity index (χ2n) is 2.71. The molecule has 0 aliphatic rings. The average Bonchev–Trinajstić information content (AvgIpc) is 1.99. The molecule has 0 bridgehead atoms. The van der Waals surface area contributed by atoms with E-state index in [1.54, 1.807) is 5.32 Å². The van der Waals surface area contributed by atoms with E-state index in [-0.39, 0.29) is 0 Å². The van der Waals surface area contributed by atoms with E-state index >= 15 is 0 Å². The second-order valence-corrected chi connectivity index (χ2v) is 2.71. The van der Waals surface area contributed by atoms with Gasteiger partial charge in [0.15, 0.2) is 0 Å². The SMILES string of the molecule is CC(=O)N[C@@H](CC(=O)NC(N)=O)C(=O)O. The molecule has 8 nitrogen and oxygen atoms in total. The zero-order chi connectivity index (χ0) is 12.0. The molecule has 0 rings (SSSR count). The number of aliphatic carboxylic acids is 1. The van der Waals surface area contributed by atoms with Gasteiger partial charge in [-0.15, -0.1) is 0 Å². The van der Waals surface area contributed by atoms with Crippen molar-refractivity contribution in [2.45, 2.75) is 19.4 Å². The van der Waals surface area contributed by atoms with Crippen LogP contribution < -0.4 is 16.4 Å². The molecule has 0 aliphatic heterocycles. The average molecular weight is 217 g/mol. The molecule has 0 aliphatic carbocycles. The molecule has 0 heterocycles. The van der Waals surface area contributed by atoms with E-state index in [0.29, 0.717) is 0 Å². The third kappa shape index (κ3) is 6.02. The van der Waals surface area contributed by atoms with Gasteiger partial charge in [0.2, 0.25) is 11.8 Å². The Labute approximate surface area is 84.8 Å². The minimum Gasteiger partial charge on any atom is -0.480 e. The molecule has 0 aromatic heterocycles. The summed E-state index contributed by atoms with van der Waals surface area (Å²) in [6, 6.07) is -2.45. The predicted molar refractivity (Wildman–Crippen MR) is 47.6 cm³/mol. The first-order chi connectivity index (χ1) is 6.82. The van der Waals surface area contributed by atoms with Crippen LogP contribution in [0.3, 0.4) is 0 Å². The standard InChI is InChI=1S/C7H11N3O5/c1-3(11)9-4(6(13)14)2-5(12)10-7(8)15/h4H,2H2,1H3,(H,9,11)(H,13,14)(H3,8,10,12,15)/t4-/m0/s1. The Kier molecular flexibility index (Phi) is 4.79. The number of carboxylic acids is 1. The number of hydrogen-bond acceptors (Lipinski definition) is 4. The summed E-state index contributed by atoms with van der Waals surface area (Å²) in [5.41, 5.74) is 4.64. The molecule has 5 N–H and O–H groups in total. The summed E-state index contributed by atoms with van der Waals surface area (Å²) in [4.78, 5) is 42.3. The maximum Gasteiger partial charge on any atom is 0.326 e. The largest absolute Gasteiger partial charge is 0.480 e. The van der Waals surface area contributed by atoms with Gasteiger partial charge in [-0.3, -0.25) is 14.9 Å². The molecule has 0 saturated carbocycles. The number of carboxylic acid groups (broad SMARTS) is 1. The number of nitrogens with two attached hydrogens (primary N) is 1. The van der Waals surface area contributed by atoms with Crippen molar-refractivity contribution in [2.75, 3.05) is 0 Å². The van der Waals surface area contributed by atoms with Crippen molar-refractivity contribution in [3.63, 3.8) is 0 Å². The Bertz CT molecular complexity index is 301. The molecule has 4 amide bonds. The summed E-state index contributed by atoms with van der Waals surface area (Å²) < 4.78 is 0. The quantitative estimate of drug-likeness (QED) is 0.438. The minimum atomic E-state index is -1.37. The van der Waals surface area contributed by atoms with E-state index in [4.69, 9.17) is 5.11 Å². The Morgan fingerprint density at radius 2 is 1.87 bits per heavy atom. The van der Waals surface area contributed by atoms with Gasteiger partial charge in [-0.05, 0) is 0 Å². The number of carbonyl (C=O) groups is 4. The molecule has 84 valence electrons. The maximum atomic E-state index is 10.9. The number of carbonyl (C=O) groups excluding carboxylic acids is 3. The summed E-state index contributed by atoms with van der Waals surface area (Å²) in [6.07, 6.45) is -0.558. The van der Waals surface area contributed by atoms with Crippen LogP contribution in [0.4, 0.5) is 4.79 Å². The number of amides is 4. The first-order valence-corrected chi connectivity index (χ1v) is 3.92. The van der Waals surface area contributed by atoms with E-state index in [1.807, 2.05) is 5.32 Å². The Balaban J connectivity index is 4.28. The van der Waals surface area contributed by atoms with Gasteiger partial charge in [0.05, 0.1) is 6.42 Å². The number of nitrogens with one attached hydrogen (secondary N) is 2. The monoisotopic (exact) mass is 217 g/mol. The van der Waals surface area contributed by atoms with E-state index in [0.717, 1.165) is 6.92 Å². The van der Waals surface area contributed by atoms with Crippen LogP contribution >= 0.6 is 0 Å². The fraction of sp³-hybridized carbons (Fsp3) is 0.429. The van der Waals surface area contributed by atoms with Gasteiger partial charge in [0.25, 0.3) is 0 Å². The van der Waals surface area contributed by atoms with Crippen LogP contribution in [0.1, 0.15) is 13.3 Å². The zero-order valence-corrected chi connectivity index (χ0v) is 7.94. The van der Waals surface area contributed by atoms with Crippen molar-refractivity contribution in [3.05, 3.63) is 0 Å². The highest BCUT2D eigenvalue weighted by Crippen LogP contribution is 1.92. The Morgan fingerprint density at radius 3 is 2.20 bits per heavy atom. The number of primary amides is 1. The molecule has 15 heavy (non-hydrogen) atoms. The Hall–Kier alpha value is -2.12. The van der Waals surface area contributed by atoms with Crippen molar-refractivity contribution in [1.29, 1.82) is 0 Å². The van der Waals surface area contributed by atoms with Gasteiger partial charge in [0, 0.05) is 6.92 Å². The minimum absolute atomic E-state index is 0.558. The topological polar surface area (TPSA) is 139 Å². The number of hydrogen-bond donors (Lipinski definition) is 4. The van der Waals surface area contributed by atoms with E-state index in [1.165, 1.54) is 0 Å². The van der Waals surface area contributed by atoms with Crippen molar-refractivity contribution >= 4 is 23.8 Å². The zero-order valence-electron chi connectivity index (χ0n) is 7.94. The van der Waals surface area contributed by atoms with E-state index in [9.17, 15) is 19.2 Å². The van der Waals surface area contributed by atoms with E-state index in [2.05, 4.69) is 5.73 Å². The summed E-state index contributed by atoms with van der Waals surface area (Å²) in [5, 5.41) is 12.3. The smallest absolute Gasteiger partial charge is 0.326 e. The third-order valence-corrected chi connectivity index (χ3v) is 1.33. The lowest BCUT2D eigenvalue weighted by molar-refractivity contribution is -0.143. The van der Waals surface area contributed by atoms with E-state index < -0.39 is 36.3 Å². The van der Waals surface area contributed by atoms with Crippen molar-refractivity contribution in [1.82, 2.24) is 10.6 Å². The lowest BCUT2D eigenvalue weighted by atomic mass is 10.2. The van der Waals surface area contributed by atoms with Gasteiger partial charge < -0.3 is 16.2 Å². The molecular weight excluding hydrogens is 206 g/mol. The number of rotatable bonds is 4. The third-order valence-electron chi connectivity index (χ3n) is 1.33. The normalized spacial score (nSPS) is 11.3. The lowest BCUT2D eigenvalue weighted by Crippen LogP contribution is -2.45. The van der Waals surface area contributed by atoms with Crippen LogP contribution in [-0.2, 0) is 14.4 Å². The maximum absolute atomic E-state index is 10.9. The molecule has 8 heteroatoms. The van der Waals surface area contributed by atoms with Crippen LogP contribution in [0.15, 0.2) is 0 Å². The van der Waals surface area contributed by atoms with Gasteiger partial charge in [0.1, 0.15) is 6.04 Å². The summed E-state index contributed by atoms with van der Waals surface area (Å²) in [7, 11) is 0. The van der Waals surface area contributed by atoms with Crippen molar-refractivity contribution in [2.24, 2.45) is 5.73 Å². The molecule has 0 aromatic carbocycles. The Morgan fingerprint density at radius 1 is 1.33 bits per heavy atom. The van der Waals surface area contributed by atoms with Gasteiger partial charge >= 0.3 is 12.0 Å². The fourth-order valence-corrected chi connectivity index (χ4v) is 0.819. The molecule has 0 aromatic rings.